The molecule has 1 aromatic rings. The molecule has 1 heterocycles. The summed E-state index contributed by atoms with van der Waals surface area (Å²) in [7, 11) is 0. The minimum atomic E-state index is -0.385. The van der Waals surface area contributed by atoms with Gasteiger partial charge in [0.2, 0.25) is 0 Å². The Labute approximate surface area is 112 Å². The molecule has 0 radical (unpaired) electrons. The lowest BCUT2D eigenvalue weighted by Crippen LogP contribution is -2.41. The first-order chi connectivity index (χ1) is 9.15. The minimum Gasteiger partial charge on any atom is -0.393 e. The van der Waals surface area contributed by atoms with Crippen LogP contribution in [0.4, 0.5) is 11.4 Å². The molecule has 1 saturated carbocycles. The van der Waals surface area contributed by atoms with E-state index in [1.807, 2.05) is 0 Å². The van der Waals surface area contributed by atoms with Crippen molar-refractivity contribution in [3.8, 4) is 0 Å². The molecule has 0 saturated heterocycles. The third kappa shape index (κ3) is 2.30. The summed E-state index contributed by atoms with van der Waals surface area (Å²) in [5, 5.41) is 10.9. The second kappa shape index (κ2) is 4.81. The quantitative estimate of drug-likeness (QED) is 0.503. The van der Waals surface area contributed by atoms with Gasteiger partial charge in [0.05, 0.1) is 4.92 Å². The zero-order chi connectivity index (χ0) is 13.4. The van der Waals surface area contributed by atoms with Gasteiger partial charge in [-0.05, 0) is 42.9 Å². The van der Waals surface area contributed by atoms with Crippen LogP contribution >= 0.6 is 0 Å². The van der Waals surface area contributed by atoms with E-state index in [0.717, 1.165) is 37.5 Å². The molecule has 0 aromatic heterocycles. The van der Waals surface area contributed by atoms with E-state index < -0.39 is 0 Å². The van der Waals surface area contributed by atoms with Crippen LogP contribution in [0.25, 0.3) is 0 Å². The molecular weight excluding hydrogens is 242 g/mol. The molecule has 5 nitrogen and oxygen atoms in total. The van der Waals surface area contributed by atoms with Gasteiger partial charge in [-0.2, -0.15) is 0 Å². The molecule has 5 heteroatoms. The normalized spacial score (nSPS) is 20.4. The number of nitrogens with two attached hydrogens (primary N) is 1. The number of nitrogen functional groups attached to an aromatic ring is 1. The number of fused-ring (bicyclic) bond motifs is 1. The van der Waals surface area contributed by atoms with E-state index in [9.17, 15) is 10.1 Å². The monoisotopic (exact) mass is 261 g/mol. The van der Waals surface area contributed by atoms with Gasteiger partial charge in [-0.25, -0.2) is 0 Å². The van der Waals surface area contributed by atoms with Gasteiger partial charge in [0, 0.05) is 25.2 Å². The number of hydrogen-bond acceptors (Lipinski definition) is 4. The number of nitrogens with zero attached hydrogens (tertiary/aromatic N) is 2. The van der Waals surface area contributed by atoms with Gasteiger partial charge in [0.1, 0.15) is 5.69 Å². The average molecular weight is 261 g/mol. The van der Waals surface area contributed by atoms with Gasteiger partial charge in [0.15, 0.2) is 0 Å². The number of hydrogen-bond donors (Lipinski definition) is 1. The molecule has 102 valence electrons. The highest BCUT2D eigenvalue weighted by molar-refractivity contribution is 5.62. The standard InChI is InChI=1S/C14H19N3O2/c15-13-8-10-4-6-16(12-2-1-3-12)7-5-11(10)9-14(13)17(18)19/h8-9,12H,1-7,15H2. The molecule has 1 aliphatic carbocycles. The number of nitro groups is 1. The van der Waals surface area contributed by atoms with Crippen LogP contribution in [0.3, 0.4) is 0 Å². The maximum absolute atomic E-state index is 10.9. The molecular formula is C14H19N3O2. The maximum Gasteiger partial charge on any atom is 0.292 e. The van der Waals surface area contributed by atoms with Crippen molar-refractivity contribution in [2.45, 2.75) is 38.1 Å². The molecule has 1 aromatic carbocycles. The van der Waals surface area contributed by atoms with E-state index in [-0.39, 0.29) is 10.6 Å². The van der Waals surface area contributed by atoms with E-state index in [1.54, 1.807) is 12.1 Å². The molecule has 0 unspecified atom stereocenters. The van der Waals surface area contributed by atoms with Crippen molar-refractivity contribution in [2.24, 2.45) is 0 Å². The number of nitro benzene ring substituents is 1. The van der Waals surface area contributed by atoms with Crippen LogP contribution in [0, 0.1) is 10.1 Å². The van der Waals surface area contributed by atoms with Crippen LogP contribution in [0.15, 0.2) is 12.1 Å². The lowest BCUT2D eigenvalue weighted by atomic mass is 9.91. The molecule has 0 spiro atoms. The Kier molecular flexibility index (Phi) is 3.14. The summed E-state index contributed by atoms with van der Waals surface area (Å²) in [6.45, 7) is 2.06. The van der Waals surface area contributed by atoms with Crippen molar-refractivity contribution in [2.75, 3.05) is 18.8 Å². The Morgan fingerprint density at radius 1 is 1.21 bits per heavy atom. The summed E-state index contributed by atoms with van der Waals surface area (Å²) in [6.07, 6.45) is 5.80. The Hall–Kier alpha value is -1.62. The van der Waals surface area contributed by atoms with Gasteiger partial charge in [-0.3, -0.25) is 15.0 Å². The van der Waals surface area contributed by atoms with Gasteiger partial charge < -0.3 is 5.73 Å². The Balaban J connectivity index is 1.83. The van der Waals surface area contributed by atoms with E-state index in [2.05, 4.69) is 4.90 Å². The van der Waals surface area contributed by atoms with Crippen molar-refractivity contribution >= 4 is 11.4 Å². The first-order valence-electron chi connectivity index (χ1n) is 6.95. The smallest absolute Gasteiger partial charge is 0.292 e. The number of anilines is 1. The summed E-state index contributed by atoms with van der Waals surface area (Å²) in [6, 6.07) is 4.22. The molecule has 0 bridgehead atoms. The highest BCUT2D eigenvalue weighted by Crippen LogP contribution is 2.31. The second-order valence-electron chi connectivity index (χ2n) is 5.56. The van der Waals surface area contributed by atoms with Crippen molar-refractivity contribution in [1.82, 2.24) is 4.90 Å². The van der Waals surface area contributed by atoms with Crippen LogP contribution < -0.4 is 5.73 Å². The van der Waals surface area contributed by atoms with Crippen molar-refractivity contribution in [3.05, 3.63) is 33.4 Å². The van der Waals surface area contributed by atoms with Crippen LogP contribution in [-0.4, -0.2) is 29.0 Å². The molecule has 2 aliphatic rings. The molecule has 2 N–H and O–H groups in total. The second-order valence-corrected chi connectivity index (χ2v) is 5.56. The predicted molar refractivity (Wildman–Crippen MR) is 74.1 cm³/mol. The van der Waals surface area contributed by atoms with Gasteiger partial charge in [-0.1, -0.05) is 6.42 Å². The Morgan fingerprint density at radius 2 is 1.84 bits per heavy atom. The number of benzene rings is 1. The summed E-state index contributed by atoms with van der Waals surface area (Å²) < 4.78 is 0. The van der Waals surface area contributed by atoms with Crippen LogP contribution in [-0.2, 0) is 12.8 Å². The van der Waals surface area contributed by atoms with Crippen molar-refractivity contribution in [1.29, 1.82) is 0 Å². The fraction of sp³-hybridized carbons (Fsp3) is 0.571. The molecule has 1 aliphatic heterocycles. The lowest BCUT2D eigenvalue weighted by molar-refractivity contribution is -0.384. The Bertz CT molecular complexity index is 512. The first kappa shape index (κ1) is 12.4. The Morgan fingerprint density at radius 3 is 2.37 bits per heavy atom. The van der Waals surface area contributed by atoms with E-state index in [4.69, 9.17) is 5.73 Å². The summed E-state index contributed by atoms with van der Waals surface area (Å²) in [5.41, 5.74) is 8.40. The molecule has 3 rings (SSSR count). The largest absolute Gasteiger partial charge is 0.393 e. The van der Waals surface area contributed by atoms with Gasteiger partial charge in [0.25, 0.3) is 5.69 Å². The van der Waals surface area contributed by atoms with E-state index in [1.165, 1.54) is 24.8 Å². The van der Waals surface area contributed by atoms with Crippen LogP contribution in [0.2, 0.25) is 0 Å². The zero-order valence-corrected chi connectivity index (χ0v) is 11.0. The molecule has 19 heavy (non-hydrogen) atoms. The minimum absolute atomic E-state index is 0.0517. The van der Waals surface area contributed by atoms with Crippen LogP contribution in [0.1, 0.15) is 30.4 Å². The third-order valence-corrected chi connectivity index (χ3v) is 4.47. The topological polar surface area (TPSA) is 72.4 Å². The van der Waals surface area contributed by atoms with E-state index in [0.29, 0.717) is 5.69 Å². The third-order valence-electron chi connectivity index (χ3n) is 4.47. The molecule has 0 atom stereocenters. The van der Waals surface area contributed by atoms with Gasteiger partial charge in [-0.15, -0.1) is 0 Å². The zero-order valence-electron chi connectivity index (χ0n) is 11.0. The van der Waals surface area contributed by atoms with Crippen molar-refractivity contribution < 1.29 is 4.92 Å². The summed E-state index contributed by atoms with van der Waals surface area (Å²) in [4.78, 5) is 13.1. The number of rotatable bonds is 2. The summed E-state index contributed by atoms with van der Waals surface area (Å²) in [5.74, 6) is 0. The predicted octanol–water partition coefficient (Wildman–Crippen LogP) is 2.13. The molecule has 0 amide bonds. The fourth-order valence-electron chi connectivity index (χ4n) is 3.08. The molecule has 1 fully saturated rings. The van der Waals surface area contributed by atoms with Gasteiger partial charge >= 0.3 is 0 Å². The van der Waals surface area contributed by atoms with Crippen LogP contribution in [0.5, 0.6) is 0 Å². The SMILES string of the molecule is Nc1cc2c(cc1[N+](=O)[O-])CCN(C1CCC1)CC2. The highest BCUT2D eigenvalue weighted by Gasteiger charge is 2.27. The fourth-order valence-corrected chi connectivity index (χ4v) is 3.08. The first-order valence-corrected chi connectivity index (χ1v) is 6.95. The van der Waals surface area contributed by atoms with E-state index >= 15 is 0 Å². The van der Waals surface area contributed by atoms with Crippen molar-refractivity contribution in [3.63, 3.8) is 0 Å². The average Bonchev–Trinajstić information content (AvgIpc) is 2.49. The maximum atomic E-state index is 10.9. The highest BCUT2D eigenvalue weighted by atomic mass is 16.6. The summed E-state index contributed by atoms with van der Waals surface area (Å²) >= 11 is 0. The lowest BCUT2D eigenvalue weighted by Gasteiger charge is -2.36.